The van der Waals surface area contributed by atoms with Gasteiger partial charge in [0, 0.05) is 18.7 Å². The number of likely N-dealkylation sites (N-methyl/N-ethyl adjacent to an activating group) is 1. The lowest BCUT2D eigenvalue weighted by atomic mass is 9.87. The summed E-state index contributed by atoms with van der Waals surface area (Å²) in [5.74, 6) is 1.64. The van der Waals surface area contributed by atoms with Crippen LogP contribution in [0.5, 0.6) is 11.5 Å². The second-order valence-electron chi connectivity index (χ2n) is 6.24. The topological polar surface area (TPSA) is 55.8 Å². The third kappa shape index (κ3) is 4.47. The quantitative estimate of drug-likeness (QED) is 0.757. The van der Waals surface area contributed by atoms with E-state index in [2.05, 4.69) is 6.92 Å². The van der Waals surface area contributed by atoms with Gasteiger partial charge in [-0.3, -0.25) is 9.59 Å². The predicted molar refractivity (Wildman–Crippen MR) is 88.1 cm³/mol. The van der Waals surface area contributed by atoms with Crippen LogP contribution in [0.2, 0.25) is 0 Å². The molecular formula is C18H25NO4. The Morgan fingerprint density at radius 1 is 1.26 bits per heavy atom. The standard InChI is InChI=1S/C18H25NO4/c1-13-4-7-15(8-5-13)19(2)18(21)12-23-16-9-6-14(11-20)10-17(16)22-3/h6,9-11,13,15H,4-5,7-8,12H2,1-3H3. The highest BCUT2D eigenvalue weighted by molar-refractivity contribution is 5.78. The first-order valence-electron chi connectivity index (χ1n) is 8.06. The highest BCUT2D eigenvalue weighted by Crippen LogP contribution is 2.28. The predicted octanol–water partition coefficient (Wildman–Crippen LogP) is 2.92. The monoisotopic (exact) mass is 319 g/mol. The summed E-state index contributed by atoms with van der Waals surface area (Å²) in [5, 5.41) is 0. The molecule has 0 spiro atoms. The first-order chi connectivity index (χ1) is 11.0. The van der Waals surface area contributed by atoms with Gasteiger partial charge in [0.2, 0.25) is 0 Å². The van der Waals surface area contributed by atoms with Gasteiger partial charge in [0.1, 0.15) is 6.29 Å². The molecule has 0 aromatic heterocycles. The molecule has 1 fully saturated rings. The summed E-state index contributed by atoms with van der Waals surface area (Å²) >= 11 is 0. The van der Waals surface area contributed by atoms with Crippen LogP contribution in [0.1, 0.15) is 43.0 Å². The molecule has 0 heterocycles. The summed E-state index contributed by atoms with van der Waals surface area (Å²) < 4.78 is 10.8. The van der Waals surface area contributed by atoms with Gasteiger partial charge in [-0.25, -0.2) is 0 Å². The maximum Gasteiger partial charge on any atom is 0.260 e. The molecule has 126 valence electrons. The number of hydrogen-bond acceptors (Lipinski definition) is 4. The Morgan fingerprint density at radius 2 is 1.96 bits per heavy atom. The van der Waals surface area contributed by atoms with Crippen LogP contribution in [-0.4, -0.2) is 43.9 Å². The second-order valence-corrected chi connectivity index (χ2v) is 6.24. The molecule has 0 N–H and O–H groups in total. The molecular weight excluding hydrogens is 294 g/mol. The summed E-state index contributed by atoms with van der Waals surface area (Å²) in [4.78, 5) is 24.9. The van der Waals surface area contributed by atoms with Crippen molar-refractivity contribution in [1.82, 2.24) is 4.90 Å². The fourth-order valence-corrected chi connectivity index (χ4v) is 2.95. The number of rotatable bonds is 6. The van der Waals surface area contributed by atoms with Gasteiger partial charge >= 0.3 is 0 Å². The second kappa shape index (κ2) is 7.99. The van der Waals surface area contributed by atoms with Crippen molar-refractivity contribution in [3.8, 4) is 11.5 Å². The van der Waals surface area contributed by atoms with E-state index in [-0.39, 0.29) is 12.5 Å². The Labute approximate surface area is 137 Å². The summed E-state index contributed by atoms with van der Waals surface area (Å²) in [6, 6.07) is 5.19. The molecule has 0 atom stereocenters. The van der Waals surface area contributed by atoms with Gasteiger partial charge in [-0.05, 0) is 49.8 Å². The fourth-order valence-electron chi connectivity index (χ4n) is 2.95. The zero-order valence-corrected chi connectivity index (χ0v) is 14.1. The highest BCUT2D eigenvalue weighted by atomic mass is 16.5. The number of benzene rings is 1. The lowest BCUT2D eigenvalue weighted by molar-refractivity contribution is -0.134. The molecule has 1 amide bonds. The molecule has 0 bridgehead atoms. The van der Waals surface area contributed by atoms with Crippen LogP contribution >= 0.6 is 0 Å². The van der Waals surface area contributed by atoms with E-state index in [1.165, 1.54) is 20.0 Å². The van der Waals surface area contributed by atoms with Crippen LogP contribution in [0.4, 0.5) is 0 Å². The van der Waals surface area contributed by atoms with Crippen molar-refractivity contribution in [2.24, 2.45) is 5.92 Å². The summed E-state index contributed by atoms with van der Waals surface area (Å²) in [6.07, 6.45) is 5.20. The molecule has 0 saturated heterocycles. The van der Waals surface area contributed by atoms with E-state index in [9.17, 15) is 9.59 Å². The van der Waals surface area contributed by atoms with Crippen molar-refractivity contribution in [2.75, 3.05) is 20.8 Å². The number of carbonyl (C=O) groups excluding carboxylic acids is 2. The molecule has 1 aromatic carbocycles. The number of amides is 1. The van der Waals surface area contributed by atoms with E-state index in [0.717, 1.165) is 25.0 Å². The maximum atomic E-state index is 12.3. The number of hydrogen-bond donors (Lipinski definition) is 0. The molecule has 1 aliphatic rings. The molecule has 1 aromatic rings. The summed E-state index contributed by atoms with van der Waals surface area (Å²) in [6.45, 7) is 2.23. The minimum absolute atomic E-state index is 0.0284. The van der Waals surface area contributed by atoms with E-state index in [0.29, 0.717) is 23.1 Å². The molecule has 1 saturated carbocycles. The van der Waals surface area contributed by atoms with Gasteiger partial charge in [0.05, 0.1) is 7.11 Å². The Balaban J connectivity index is 1.92. The minimum Gasteiger partial charge on any atom is -0.493 e. The van der Waals surface area contributed by atoms with Crippen molar-refractivity contribution in [3.05, 3.63) is 23.8 Å². The molecule has 0 unspecified atom stereocenters. The van der Waals surface area contributed by atoms with E-state index in [1.807, 2.05) is 7.05 Å². The lowest BCUT2D eigenvalue weighted by Gasteiger charge is -2.33. The van der Waals surface area contributed by atoms with Crippen LogP contribution < -0.4 is 9.47 Å². The average molecular weight is 319 g/mol. The van der Waals surface area contributed by atoms with E-state index in [4.69, 9.17) is 9.47 Å². The van der Waals surface area contributed by atoms with E-state index in [1.54, 1.807) is 23.1 Å². The largest absolute Gasteiger partial charge is 0.493 e. The average Bonchev–Trinajstić information content (AvgIpc) is 2.59. The number of methoxy groups -OCH3 is 1. The molecule has 0 aliphatic heterocycles. The van der Waals surface area contributed by atoms with Crippen LogP contribution in [0.25, 0.3) is 0 Å². The van der Waals surface area contributed by atoms with Gasteiger partial charge in [-0.2, -0.15) is 0 Å². The SMILES string of the molecule is COc1cc(C=O)ccc1OCC(=O)N(C)C1CCC(C)CC1. The first kappa shape index (κ1) is 17.3. The van der Waals surface area contributed by atoms with Gasteiger partial charge < -0.3 is 14.4 Å². The molecule has 0 radical (unpaired) electrons. The van der Waals surface area contributed by atoms with Crippen molar-refractivity contribution in [1.29, 1.82) is 0 Å². The zero-order chi connectivity index (χ0) is 16.8. The van der Waals surface area contributed by atoms with Gasteiger partial charge in [0.25, 0.3) is 5.91 Å². The Hall–Kier alpha value is -2.04. The Morgan fingerprint density at radius 3 is 2.57 bits per heavy atom. The smallest absolute Gasteiger partial charge is 0.260 e. The van der Waals surface area contributed by atoms with Crippen LogP contribution in [0, 0.1) is 5.92 Å². The van der Waals surface area contributed by atoms with Crippen molar-refractivity contribution in [3.63, 3.8) is 0 Å². The number of nitrogens with zero attached hydrogens (tertiary/aromatic N) is 1. The number of ether oxygens (including phenoxy) is 2. The van der Waals surface area contributed by atoms with Crippen molar-refractivity contribution >= 4 is 12.2 Å². The first-order valence-corrected chi connectivity index (χ1v) is 8.06. The summed E-state index contributed by atoms with van der Waals surface area (Å²) in [7, 11) is 3.35. The van der Waals surface area contributed by atoms with E-state index < -0.39 is 0 Å². The zero-order valence-electron chi connectivity index (χ0n) is 14.1. The third-order valence-corrected chi connectivity index (χ3v) is 4.60. The molecule has 1 aliphatic carbocycles. The molecule has 2 rings (SSSR count). The lowest BCUT2D eigenvalue weighted by Crippen LogP contribution is -2.41. The fraction of sp³-hybridized carbons (Fsp3) is 0.556. The molecule has 5 nitrogen and oxygen atoms in total. The van der Waals surface area contributed by atoms with Crippen LogP contribution in [0.3, 0.4) is 0 Å². The van der Waals surface area contributed by atoms with Crippen LogP contribution in [0.15, 0.2) is 18.2 Å². The molecule has 23 heavy (non-hydrogen) atoms. The van der Waals surface area contributed by atoms with Gasteiger partial charge in [-0.1, -0.05) is 6.92 Å². The van der Waals surface area contributed by atoms with Gasteiger partial charge in [-0.15, -0.1) is 0 Å². The van der Waals surface area contributed by atoms with Crippen molar-refractivity contribution < 1.29 is 19.1 Å². The van der Waals surface area contributed by atoms with Gasteiger partial charge in [0.15, 0.2) is 18.1 Å². The third-order valence-electron chi connectivity index (χ3n) is 4.60. The normalized spacial score (nSPS) is 20.7. The highest BCUT2D eigenvalue weighted by Gasteiger charge is 2.25. The Bertz CT molecular complexity index is 550. The van der Waals surface area contributed by atoms with Crippen LogP contribution in [-0.2, 0) is 4.79 Å². The summed E-state index contributed by atoms with van der Waals surface area (Å²) in [5.41, 5.74) is 0.508. The molecule has 5 heteroatoms. The minimum atomic E-state index is -0.0360. The van der Waals surface area contributed by atoms with E-state index >= 15 is 0 Å². The number of carbonyl (C=O) groups is 2. The maximum absolute atomic E-state index is 12.3. The Kier molecular flexibility index (Phi) is 6.02. The van der Waals surface area contributed by atoms with Crippen molar-refractivity contribution in [2.45, 2.75) is 38.6 Å². The number of aldehydes is 1.